The van der Waals surface area contributed by atoms with E-state index in [4.69, 9.17) is 0 Å². The molecule has 0 spiro atoms. The second-order valence-corrected chi connectivity index (χ2v) is 19.5. The van der Waals surface area contributed by atoms with Crippen molar-refractivity contribution in [3.05, 3.63) is 358 Å². The molecule has 0 saturated heterocycles. The van der Waals surface area contributed by atoms with Gasteiger partial charge < -0.3 is 9.80 Å². The maximum Gasteiger partial charge on any atom is 0.0462 e. The molecule has 0 heterocycles. The monoisotopic (exact) mass is 1020 g/mol. The second kappa shape index (κ2) is 26.0. The van der Waals surface area contributed by atoms with Crippen molar-refractivity contribution < 1.29 is 0 Å². The van der Waals surface area contributed by atoms with Gasteiger partial charge in [-0.3, -0.25) is 0 Å². The summed E-state index contributed by atoms with van der Waals surface area (Å²) in [5.41, 5.74) is 20.4. The summed E-state index contributed by atoms with van der Waals surface area (Å²) in [5, 5.41) is 0. The van der Waals surface area contributed by atoms with Crippen molar-refractivity contribution in [1.29, 1.82) is 0 Å². The number of rotatable bonds is 18. The van der Waals surface area contributed by atoms with Gasteiger partial charge in [-0.25, -0.2) is 0 Å². The van der Waals surface area contributed by atoms with Crippen molar-refractivity contribution in [1.82, 2.24) is 0 Å². The Hall–Kier alpha value is -10.5. The maximum atomic E-state index is 2.32. The van der Waals surface area contributed by atoms with Crippen LogP contribution in [0.2, 0.25) is 0 Å². The van der Waals surface area contributed by atoms with Gasteiger partial charge in [0, 0.05) is 34.1 Å². The van der Waals surface area contributed by atoms with Crippen LogP contribution in [-0.2, 0) is 0 Å². The van der Waals surface area contributed by atoms with Gasteiger partial charge in [0.15, 0.2) is 0 Å². The summed E-state index contributed by atoms with van der Waals surface area (Å²) in [7, 11) is 0. The normalized spacial score (nSPS) is 11.7. The molecular formula is C78H60N2. The van der Waals surface area contributed by atoms with Gasteiger partial charge in [0.05, 0.1) is 0 Å². The van der Waals surface area contributed by atoms with Crippen molar-refractivity contribution in [3.63, 3.8) is 0 Å². The zero-order valence-corrected chi connectivity index (χ0v) is 44.5. The molecule has 0 atom stereocenters. The average molecular weight is 1030 g/mol. The van der Waals surface area contributed by atoms with Gasteiger partial charge in [0.2, 0.25) is 0 Å². The van der Waals surface area contributed by atoms with Gasteiger partial charge in [-0.15, -0.1) is 0 Å². The Balaban J connectivity index is 0.766. The van der Waals surface area contributed by atoms with Gasteiger partial charge >= 0.3 is 0 Å². The third-order valence-corrected chi connectivity index (χ3v) is 13.9. The zero-order valence-electron chi connectivity index (χ0n) is 44.5. The molecule has 11 aromatic rings. The van der Waals surface area contributed by atoms with E-state index in [0.29, 0.717) is 0 Å². The SMILES string of the molecule is C(=C\c1ccc(N(c2ccc(/C=C/c3ccccc3)cc2)c2ccc(/C=C/c3ccc(/C=C/c4ccc(N(c5ccc(/C=C/c6ccccc6)cc5)c5ccc(/C=C/c6ccccc6)cc5)cc4)cc3)cc2)cc1)/c1ccccc1. The molecule has 0 bridgehead atoms. The Bertz CT molecular complexity index is 3430. The summed E-state index contributed by atoms with van der Waals surface area (Å²) in [5.74, 6) is 0. The van der Waals surface area contributed by atoms with Crippen LogP contribution in [0.1, 0.15) is 66.8 Å². The van der Waals surface area contributed by atoms with Gasteiger partial charge in [-0.2, -0.15) is 0 Å². The van der Waals surface area contributed by atoms with Crippen LogP contribution in [0, 0.1) is 0 Å². The van der Waals surface area contributed by atoms with Crippen LogP contribution >= 0.6 is 0 Å². The fourth-order valence-corrected chi connectivity index (χ4v) is 9.43. The van der Waals surface area contributed by atoms with E-state index in [-0.39, 0.29) is 0 Å². The van der Waals surface area contributed by atoms with Crippen molar-refractivity contribution in [3.8, 4) is 0 Å². The highest BCUT2D eigenvalue weighted by Gasteiger charge is 2.14. The first-order valence-electron chi connectivity index (χ1n) is 27.2. The number of benzene rings is 11. The smallest absolute Gasteiger partial charge is 0.0462 e. The molecule has 0 saturated carbocycles. The summed E-state index contributed by atoms with van der Waals surface area (Å²) >= 11 is 0. The lowest BCUT2D eigenvalue weighted by molar-refractivity contribution is 1.28. The van der Waals surface area contributed by atoms with E-state index in [1.807, 2.05) is 24.3 Å². The van der Waals surface area contributed by atoms with Crippen molar-refractivity contribution in [2.75, 3.05) is 9.80 Å². The highest BCUT2D eigenvalue weighted by Crippen LogP contribution is 2.37. The lowest BCUT2D eigenvalue weighted by Gasteiger charge is -2.26. The molecule has 2 heteroatoms. The topological polar surface area (TPSA) is 6.48 Å². The molecule has 11 rings (SSSR count). The van der Waals surface area contributed by atoms with Gasteiger partial charge in [0.1, 0.15) is 0 Å². The Morgan fingerprint density at radius 1 is 0.125 bits per heavy atom. The quantitative estimate of drug-likeness (QED) is 0.0791. The summed E-state index contributed by atoms with van der Waals surface area (Å²) in [4.78, 5) is 4.63. The number of hydrogen-bond donors (Lipinski definition) is 0. The fourth-order valence-electron chi connectivity index (χ4n) is 9.43. The van der Waals surface area contributed by atoms with Crippen LogP contribution in [0.25, 0.3) is 72.9 Å². The van der Waals surface area contributed by atoms with E-state index in [2.05, 4.69) is 350 Å². The van der Waals surface area contributed by atoms with E-state index >= 15 is 0 Å². The predicted octanol–water partition coefficient (Wildman–Crippen LogP) is 21.6. The summed E-state index contributed by atoms with van der Waals surface area (Å²) in [6, 6.07) is 103. The number of hydrogen-bond acceptors (Lipinski definition) is 2. The predicted molar refractivity (Wildman–Crippen MR) is 348 cm³/mol. The Kier molecular flexibility index (Phi) is 16.8. The van der Waals surface area contributed by atoms with Crippen molar-refractivity contribution in [2.45, 2.75) is 0 Å². The van der Waals surface area contributed by atoms with Gasteiger partial charge in [0.25, 0.3) is 0 Å². The molecule has 11 aromatic carbocycles. The third-order valence-electron chi connectivity index (χ3n) is 13.9. The minimum atomic E-state index is 1.08. The lowest BCUT2D eigenvalue weighted by atomic mass is 10.1. The molecule has 80 heavy (non-hydrogen) atoms. The van der Waals surface area contributed by atoms with Crippen LogP contribution in [0.4, 0.5) is 34.1 Å². The van der Waals surface area contributed by atoms with E-state index in [1.165, 1.54) is 22.3 Å². The molecule has 0 aliphatic carbocycles. The largest absolute Gasteiger partial charge is 0.311 e. The highest BCUT2D eigenvalue weighted by molar-refractivity contribution is 5.83. The highest BCUT2D eigenvalue weighted by atomic mass is 15.1. The maximum absolute atomic E-state index is 2.32. The van der Waals surface area contributed by atoms with Crippen LogP contribution in [0.3, 0.4) is 0 Å². The first-order chi connectivity index (χ1) is 39.6. The molecule has 0 radical (unpaired) electrons. The van der Waals surface area contributed by atoms with Gasteiger partial charge in [-0.1, -0.05) is 291 Å². The molecule has 0 amide bonds. The van der Waals surface area contributed by atoms with Crippen molar-refractivity contribution >= 4 is 107 Å². The van der Waals surface area contributed by atoms with Gasteiger partial charge in [-0.05, 0) is 140 Å². The van der Waals surface area contributed by atoms with Crippen LogP contribution in [0.5, 0.6) is 0 Å². The Labute approximate surface area is 472 Å². The fraction of sp³-hybridized carbons (Fsp3) is 0. The van der Waals surface area contributed by atoms with Crippen LogP contribution < -0.4 is 9.80 Å². The summed E-state index contributed by atoms with van der Waals surface area (Å²) in [6.45, 7) is 0. The third kappa shape index (κ3) is 14.1. The molecule has 0 unspecified atom stereocenters. The minimum absolute atomic E-state index is 1.08. The Morgan fingerprint density at radius 2 is 0.237 bits per heavy atom. The zero-order chi connectivity index (χ0) is 54.0. The standard InChI is InChI=1S/C78H60N2/c1-5-13-61(14-6-1)21-25-67-37-49-73(50-38-67)79(74-51-39-68(40-52-74)26-22-62-15-7-2-8-16-62)77-57-45-71(46-58-77)35-33-65-29-31-66(32-30-65)34-36-72-47-59-78(60-48-72)80(75-53-41-69(42-54-75)27-23-63-17-9-3-10-18-63)76-55-43-70(44-56-76)28-24-64-19-11-4-12-20-64/h1-60H/b25-21+,26-22+,27-23+,28-24+,35-33+,36-34+. The molecule has 2 nitrogen and oxygen atoms in total. The van der Waals surface area contributed by atoms with E-state index in [1.54, 1.807) is 0 Å². The van der Waals surface area contributed by atoms with E-state index < -0.39 is 0 Å². The summed E-state index contributed by atoms with van der Waals surface area (Å²) in [6.07, 6.45) is 26.0. The summed E-state index contributed by atoms with van der Waals surface area (Å²) < 4.78 is 0. The second-order valence-electron chi connectivity index (χ2n) is 19.5. The molecule has 0 aliphatic rings. The average Bonchev–Trinajstić information content (AvgIpc) is 3.55. The number of nitrogens with zero attached hydrogens (tertiary/aromatic N) is 2. The molecular weight excluding hydrogens is 965 g/mol. The molecule has 0 aliphatic heterocycles. The van der Waals surface area contributed by atoms with E-state index in [0.717, 1.165) is 78.6 Å². The Morgan fingerprint density at radius 3 is 0.375 bits per heavy atom. The van der Waals surface area contributed by atoms with Crippen molar-refractivity contribution in [2.24, 2.45) is 0 Å². The lowest BCUT2D eigenvalue weighted by Crippen LogP contribution is -2.09. The minimum Gasteiger partial charge on any atom is -0.311 e. The van der Waals surface area contributed by atoms with Crippen LogP contribution in [-0.4, -0.2) is 0 Å². The molecule has 382 valence electrons. The van der Waals surface area contributed by atoms with Crippen LogP contribution in [0.15, 0.2) is 291 Å². The van der Waals surface area contributed by atoms with E-state index in [9.17, 15) is 0 Å². The first-order valence-corrected chi connectivity index (χ1v) is 27.2. The molecule has 0 N–H and O–H groups in total. The number of anilines is 6. The molecule has 0 fully saturated rings. The first kappa shape index (κ1) is 51.6. The molecule has 0 aromatic heterocycles.